The molecule has 0 aliphatic heterocycles. The maximum atomic E-state index is 13.4. The third-order valence-corrected chi connectivity index (χ3v) is 5.42. The lowest BCUT2D eigenvalue weighted by Crippen LogP contribution is -2.36. The molecule has 6 heteroatoms. The average molecular weight is 373 g/mol. The summed E-state index contributed by atoms with van der Waals surface area (Å²) in [6.45, 7) is 4.56. The number of halogens is 1. The Kier molecular flexibility index (Phi) is 6.52. The van der Waals surface area contributed by atoms with Gasteiger partial charge in [0.25, 0.3) is 0 Å². The average Bonchev–Trinajstić information content (AvgIpc) is 2.94. The number of hydrogen-bond acceptors (Lipinski definition) is 5. The second kappa shape index (κ2) is 8.87. The van der Waals surface area contributed by atoms with Crippen molar-refractivity contribution in [3.05, 3.63) is 59.4 Å². The van der Waals surface area contributed by atoms with E-state index < -0.39 is 6.10 Å². The molecule has 0 spiro atoms. The van der Waals surface area contributed by atoms with Gasteiger partial charge in [-0.3, -0.25) is 0 Å². The predicted molar refractivity (Wildman–Crippen MR) is 102 cm³/mol. The second-order valence-corrected chi connectivity index (χ2v) is 7.70. The molecule has 5 nitrogen and oxygen atoms in total. The minimum atomic E-state index is -0.559. The molecule has 4 atom stereocenters. The molecule has 1 saturated carbocycles. The Morgan fingerprint density at radius 1 is 1.26 bits per heavy atom. The normalized spacial score (nSPS) is 25.3. The number of benzene rings is 1. The molecule has 27 heavy (non-hydrogen) atoms. The van der Waals surface area contributed by atoms with Crippen LogP contribution in [0.3, 0.4) is 0 Å². The Bertz CT molecular complexity index is 756. The Balaban J connectivity index is 1.73. The van der Waals surface area contributed by atoms with Gasteiger partial charge >= 0.3 is 0 Å². The highest BCUT2D eigenvalue weighted by molar-refractivity contribution is 5.16. The topological polar surface area (TPSA) is 78.3 Å². The van der Waals surface area contributed by atoms with Gasteiger partial charge in [-0.25, -0.2) is 14.4 Å². The lowest BCUT2D eigenvalue weighted by atomic mass is 9.88. The lowest BCUT2D eigenvalue weighted by molar-refractivity contribution is 0.0716. The van der Waals surface area contributed by atoms with E-state index in [9.17, 15) is 14.6 Å². The summed E-state index contributed by atoms with van der Waals surface area (Å²) < 4.78 is 13.4. The standard InChI is InChI=1S/C21H28FN3O2/c1-13(2)21-23-7-6-16(25-21)9-17-18(12-26)20(27)10-19(17)24-11-14-4-3-5-15(22)8-14/h3-8,13,17-20,24,26-27H,9-12H2,1-2H3. The van der Waals surface area contributed by atoms with Gasteiger partial charge < -0.3 is 15.5 Å². The van der Waals surface area contributed by atoms with Crippen LogP contribution in [0, 0.1) is 17.7 Å². The monoisotopic (exact) mass is 373 g/mol. The second-order valence-electron chi connectivity index (χ2n) is 7.70. The molecule has 2 aromatic rings. The Morgan fingerprint density at radius 2 is 2.07 bits per heavy atom. The van der Waals surface area contributed by atoms with E-state index in [2.05, 4.69) is 29.1 Å². The number of aliphatic hydroxyl groups is 2. The van der Waals surface area contributed by atoms with Crippen LogP contribution in [-0.4, -0.2) is 38.9 Å². The van der Waals surface area contributed by atoms with Crippen LogP contribution >= 0.6 is 0 Å². The van der Waals surface area contributed by atoms with Crippen LogP contribution in [-0.2, 0) is 13.0 Å². The zero-order valence-electron chi connectivity index (χ0n) is 15.8. The van der Waals surface area contributed by atoms with Crippen LogP contribution in [0.5, 0.6) is 0 Å². The van der Waals surface area contributed by atoms with Gasteiger partial charge in [0.05, 0.1) is 6.10 Å². The Labute approximate surface area is 159 Å². The Hall–Kier alpha value is -1.89. The summed E-state index contributed by atoms with van der Waals surface area (Å²) in [5.74, 6) is 0.638. The van der Waals surface area contributed by atoms with Gasteiger partial charge in [-0.1, -0.05) is 26.0 Å². The first kappa shape index (κ1) is 19.9. The largest absolute Gasteiger partial charge is 0.396 e. The third kappa shape index (κ3) is 4.89. The summed E-state index contributed by atoms with van der Waals surface area (Å²) in [5, 5.41) is 23.6. The minimum absolute atomic E-state index is 0.0258. The molecular formula is C21H28FN3O2. The zero-order valence-corrected chi connectivity index (χ0v) is 15.8. The summed E-state index contributed by atoms with van der Waals surface area (Å²) in [7, 11) is 0. The molecule has 4 unspecified atom stereocenters. The van der Waals surface area contributed by atoms with Crippen LogP contribution < -0.4 is 5.32 Å². The van der Waals surface area contributed by atoms with Crippen LogP contribution in [0.25, 0.3) is 0 Å². The van der Waals surface area contributed by atoms with Gasteiger partial charge in [0.2, 0.25) is 0 Å². The first-order valence-corrected chi connectivity index (χ1v) is 9.56. The molecule has 0 radical (unpaired) electrons. The number of nitrogens with zero attached hydrogens (tertiary/aromatic N) is 2. The summed E-state index contributed by atoms with van der Waals surface area (Å²) in [5.41, 5.74) is 1.78. The van der Waals surface area contributed by atoms with Crippen molar-refractivity contribution in [2.75, 3.05) is 6.61 Å². The highest BCUT2D eigenvalue weighted by Gasteiger charge is 2.42. The van der Waals surface area contributed by atoms with Gasteiger partial charge in [0, 0.05) is 42.9 Å². The van der Waals surface area contributed by atoms with E-state index >= 15 is 0 Å². The maximum Gasteiger partial charge on any atom is 0.131 e. The summed E-state index contributed by atoms with van der Waals surface area (Å²) in [6.07, 6.45) is 2.43. The van der Waals surface area contributed by atoms with E-state index in [-0.39, 0.29) is 36.2 Å². The molecule has 1 aromatic carbocycles. The van der Waals surface area contributed by atoms with Crippen LogP contribution in [0.15, 0.2) is 36.5 Å². The smallest absolute Gasteiger partial charge is 0.131 e. The third-order valence-electron chi connectivity index (χ3n) is 5.42. The van der Waals surface area contributed by atoms with Crippen molar-refractivity contribution in [2.45, 2.75) is 51.3 Å². The maximum absolute atomic E-state index is 13.4. The van der Waals surface area contributed by atoms with Crippen LogP contribution in [0.2, 0.25) is 0 Å². The van der Waals surface area contributed by atoms with Crippen molar-refractivity contribution in [2.24, 2.45) is 11.8 Å². The summed E-state index contributed by atoms with van der Waals surface area (Å²) >= 11 is 0. The molecule has 3 N–H and O–H groups in total. The van der Waals surface area contributed by atoms with E-state index in [1.54, 1.807) is 12.3 Å². The molecule has 3 rings (SSSR count). The van der Waals surface area contributed by atoms with Crippen molar-refractivity contribution in [1.29, 1.82) is 0 Å². The first-order valence-electron chi connectivity index (χ1n) is 9.56. The lowest BCUT2D eigenvalue weighted by Gasteiger charge is -2.25. The summed E-state index contributed by atoms with van der Waals surface area (Å²) in [6, 6.07) is 8.43. The molecule has 1 fully saturated rings. The van der Waals surface area contributed by atoms with Crippen LogP contribution in [0.4, 0.5) is 4.39 Å². The minimum Gasteiger partial charge on any atom is -0.396 e. The van der Waals surface area contributed by atoms with Crippen molar-refractivity contribution >= 4 is 0 Å². The van der Waals surface area contributed by atoms with Crippen molar-refractivity contribution in [3.8, 4) is 0 Å². The van der Waals surface area contributed by atoms with E-state index in [0.717, 1.165) is 17.1 Å². The Morgan fingerprint density at radius 3 is 2.78 bits per heavy atom. The zero-order chi connectivity index (χ0) is 19.4. The number of aliphatic hydroxyl groups excluding tert-OH is 2. The van der Waals surface area contributed by atoms with Crippen molar-refractivity contribution < 1.29 is 14.6 Å². The van der Waals surface area contributed by atoms with E-state index in [1.807, 2.05) is 12.1 Å². The number of rotatable bonds is 7. The van der Waals surface area contributed by atoms with Crippen molar-refractivity contribution in [3.63, 3.8) is 0 Å². The van der Waals surface area contributed by atoms with Gasteiger partial charge in [0.15, 0.2) is 0 Å². The van der Waals surface area contributed by atoms with Gasteiger partial charge in [-0.2, -0.15) is 0 Å². The molecule has 0 amide bonds. The fraction of sp³-hybridized carbons (Fsp3) is 0.524. The highest BCUT2D eigenvalue weighted by atomic mass is 19.1. The predicted octanol–water partition coefficient (Wildman–Crippen LogP) is 2.43. The number of hydrogen-bond donors (Lipinski definition) is 3. The van der Waals surface area contributed by atoms with E-state index in [1.165, 1.54) is 12.1 Å². The first-order chi connectivity index (χ1) is 13.0. The SMILES string of the molecule is CC(C)c1nccc(CC2C(NCc3cccc(F)c3)CC(O)C2CO)n1. The molecule has 1 heterocycles. The van der Waals surface area contributed by atoms with E-state index in [0.29, 0.717) is 19.4 Å². The highest BCUT2D eigenvalue weighted by Crippen LogP contribution is 2.35. The van der Waals surface area contributed by atoms with Gasteiger partial charge in [-0.05, 0) is 42.5 Å². The van der Waals surface area contributed by atoms with Gasteiger partial charge in [0.1, 0.15) is 11.6 Å². The molecular weight excluding hydrogens is 345 g/mol. The van der Waals surface area contributed by atoms with Crippen LogP contribution in [0.1, 0.15) is 43.3 Å². The quantitative estimate of drug-likeness (QED) is 0.695. The molecule has 0 saturated heterocycles. The molecule has 146 valence electrons. The molecule has 0 bridgehead atoms. The van der Waals surface area contributed by atoms with E-state index in [4.69, 9.17) is 0 Å². The fourth-order valence-corrected chi connectivity index (χ4v) is 3.92. The van der Waals surface area contributed by atoms with Crippen molar-refractivity contribution in [1.82, 2.24) is 15.3 Å². The number of aromatic nitrogens is 2. The number of nitrogens with one attached hydrogen (secondary N) is 1. The molecule has 1 aromatic heterocycles. The molecule has 1 aliphatic carbocycles. The van der Waals surface area contributed by atoms with Gasteiger partial charge in [-0.15, -0.1) is 0 Å². The fourth-order valence-electron chi connectivity index (χ4n) is 3.92. The molecule has 1 aliphatic rings. The summed E-state index contributed by atoms with van der Waals surface area (Å²) in [4.78, 5) is 8.95.